The fourth-order valence-corrected chi connectivity index (χ4v) is 3.69. The van der Waals surface area contributed by atoms with E-state index in [2.05, 4.69) is 15.6 Å². The highest BCUT2D eigenvalue weighted by Crippen LogP contribution is 2.17. The van der Waals surface area contributed by atoms with Gasteiger partial charge in [0.15, 0.2) is 5.69 Å². The molecule has 2 amide bonds. The molecule has 30 heavy (non-hydrogen) atoms. The number of amides is 2. The van der Waals surface area contributed by atoms with Crippen LogP contribution in [0, 0.1) is 13.8 Å². The van der Waals surface area contributed by atoms with E-state index >= 15 is 0 Å². The maximum Gasteiger partial charge on any atom is 0.274 e. The quantitative estimate of drug-likeness (QED) is 0.686. The van der Waals surface area contributed by atoms with E-state index < -0.39 is 0 Å². The molecule has 2 heterocycles. The number of nitrogens with zero attached hydrogens (tertiary/aromatic N) is 4. The van der Waals surface area contributed by atoms with E-state index in [0.29, 0.717) is 30.9 Å². The highest BCUT2D eigenvalue weighted by molar-refractivity contribution is 5.93. The van der Waals surface area contributed by atoms with Crippen molar-refractivity contribution in [3.8, 4) is 5.69 Å². The molecule has 3 aromatic rings. The summed E-state index contributed by atoms with van der Waals surface area (Å²) in [6, 6.07) is 15.8. The van der Waals surface area contributed by atoms with Gasteiger partial charge in [0.05, 0.1) is 11.4 Å². The number of carbonyl (C=O) groups is 2. The van der Waals surface area contributed by atoms with Crippen molar-refractivity contribution >= 4 is 11.8 Å². The van der Waals surface area contributed by atoms with Gasteiger partial charge in [-0.15, -0.1) is 5.10 Å². The molecule has 154 valence electrons. The summed E-state index contributed by atoms with van der Waals surface area (Å²) in [5.41, 5.74) is 5.08. The first kappa shape index (κ1) is 19.8. The predicted octanol–water partition coefficient (Wildman–Crippen LogP) is 2.94. The second kappa shape index (κ2) is 8.49. The van der Waals surface area contributed by atoms with E-state index in [4.69, 9.17) is 0 Å². The Morgan fingerprint density at radius 1 is 1.07 bits per heavy atom. The molecule has 2 aromatic carbocycles. The number of nitrogens with one attached hydrogen (secondary N) is 1. The first-order valence-electron chi connectivity index (χ1n) is 10.1. The lowest BCUT2D eigenvalue weighted by Gasteiger charge is -2.15. The highest BCUT2D eigenvalue weighted by Gasteiger charge is 2.20. The third-order valence-corrected chi connectivity index (χ3v) is 5.47. The summed E-state index contributed by atoms with van der Waals surface area (Å²) in [7, 11) is 0. The third-order valence-electron chi connectivity index (χ3n) is 5.47. The Labute approximate surface area is 175 Å². The first-order chi connectivity index (χ1) is 14.5. The molecular formula is C23H25N5O2. The normalized spacial score (nSPS) is 13.7. The summed E-state index contributed by atoms with van der Waals surface area (Å²) < 4.78 is 1.69. The Morgan fingerprint density at radius 3 is 2.50 bits per heavy atom. The van der Waals surface area contributed by atoms with Gasteiger partial charge in [-0.2, -0.15) is 0 Å². The highest BCUT2D eigenvalue weighted by atomic mass is 16.2. The van der Waals surface area contributed by atoms with Gasteiger partial charge in [0.2, 0.25) is 5.91 Å². The third kappa shape index (κ3) is 4.10. The van der Waals surface area contributed by atoms with Crippen LogP contribution in [-0.2, 0) is 17.9 Å². The second-order valence-corrected chi connectivity index (χ2v) is 7.64. The molecule has 1 N–H and O–H groups in total. The van der Waals surface area contributed by atoms with Crippen LogP contribution in [0.2, 0.25) is 0 Å². The van der Waals surface area contributed by atoms with Crippen molar-refractivity contribution in [3.63, 3.8) is 0 Å². The number of likely N-dealkylation sites (tertiary alicyclic amines) is 1. The Kier molecular flexibility index (Phi) is 5.61. The number of benzene rings is 2. The van der Waals surface area contributed by atoms with Crippen molar-refractivity contribution in [2.45, 2.75) is 39.8 Å². The molecule has 0 aliphatic carbocycles. The second-order valence-electron chi connectivity index (χ2n) is 7.64. The van der Waals surface area contributed by atoms with Gasteiger partial charge in [-0.05, 0) is 43.0 Å². The summed E-state index contributed by atoms with van der Waals surface area (Å²) in [4.78, 5) is 26.3. The predicted molar refractivity (Wildman–Crippen MR) is 113 cm³/mol. The van der Waals surface area contributed by atoms with E-state index in [1.54, 1.807) is 4.68 Å². The van der Waals surface area contributed by atoms with Crippen LogP contribution in [0.3, 0.4) is 0 Å². The van der Waals surface area contributed by atoms with Crippen LogP contribution in [-0.4, -0.2) is 38.3 Å². The molecule has 0 unspecified atom stereocenters. The topological polar surface area (TPSA) is 80.1 Å². The Morgan fingerprint density at radius 2 is 1.80 bits per heavy atom. The summed E-state index contributed by atoms with van der Waals surface area (Å²) >= 11 is 0. The molecule has 1 fully saturated rings. The van der Waals surface area contributed by atoms with Crippen LogP contribution in [0.5, 0.6) is 0 Å². The molecule has 1 aliphatic heterocycles. The van der Waals surface area contributed by atoms with Crippen molar-refractivity contribution in [2.75, 3.05) is 6.54 Å². The lowest BCUT2D eigenvalue weighted by Crippen LogP contribution is -2.24. The van der Waals surface area contributed by atoms with Crippen LogP contribution in [0.1, 0.15) is 45.7 Å². The van der Waals surface area contributed by atoms with Gasteiger partial charge >= 0.3 is 0 Å². The van der Waals surface area contributed by atoms with E-state index in [1.165, 1.54) is 0 Å². The molecule has 0 saturated carbocycles. The van der Waals surface area contributed by atoms with Gasteiger partial charge in [0.1, 0.15) is 0 Å². The molecule has 7 heteroatoms. The summed E-state index contributed by atoms with van der Waals surface area (Å²) in [6.45, 7) is 5.72. The standard InChI is InChI=1S/C23H25N5O2/c1-16-6-3-4-7-20(16)28-17(2)22(25-26-28)23(30)24-14-18-9-11-19(12-10-18)15-27-13-5-8-21(27)29/h3-4,6-7,9-12H,5,8,13-15H2,1-2H3,(H,24,30). The molecule has 4 rings (SSSR count). The molecular weight excluding hydrogens is 378 g/mol. The van der Waals surface area contributed by atoms with Crippen LogP contribution >= 0.6 is 0 Å². The average molecular weight is 403 g/mol. The summed E-state index contributed by atoms with van der Waals surface area (Å²) in [5.74, 6) is -0.0282. The summed E-state index contributed by atoms with van der Waals surface area (Å²) in [6.07, 6.45) is 1.59. The number of para-hydroxylation sites is 1. The fourth-order valence-electron chi connectivity index (χ4n) is 3.69. The van der Waals surface area contributed by atoms with Crippen LogP contribution in [0.25, 0.3) is 5.69 Å². The lowest BCUT2D eigenvalue weighted by molar-refractivity contribution is -0.128. The number of hydrogen-bond donors (Lipinski definition) is 1. The fraction of sp³-hybridized carbons (Fsp3) is 0.304. The van der Waals surface area contributed by atoms with Crippen molar-refractivity contribution in [1.82, 2.24) is 25.2 Å². The number of aromatic nitrogens is 3. The minimum Gasteiger partial charge on any atom is -0.347 e. The molecule has 1 aliphatic rings. The Bertz CT molecular complexity index is 1070. The van der Waals surface area contributed by atoms with Crippen LogP contribution < -0.4 is 5.32 Å². The maximum absolute atomic E-state index is 12.6. The molecule has 7 nitrogen and oxygen atoms in total. The number of aryl methyl sites for hydroxylation is 1. The molecule has 0 atom stereocenters. The molecule has 1 saturated heterocycles. The smallest absolute Gasteiger partial charge is 0.274 e. The van der Waals surface area contributed by atoms with Gasteiger partial charge in [-0.25, -0.2) is 4.68 Å². The van der Waals surface area contributed by atoms with Crippen LogP contribution in [0.15, 0.2) is 48.5 Å². The van der Waals surface area contributed by atoms with E-state index in [0.717, 1.165) is 35.3 Å². The zero-order chi connectivity index (χ0) is 21.1. The van der Waals surface area contributed by atoms with E-state index in [1.807, 2.05) is 67.3 Å². The van der Waals surface area contributed by atoms with Crippen molar-refractivity contribution in [2.24, 2.45) is 0 Å². The minimum atomic E-state index is -0.251. The largest absolute Gasteiger partial charge is 0.347 e. The Hall–Kier alpha value is -3.48. The number of hydrogen-bond acceptors (Lipinski definition) is 4. The first-order valence-corrected chi connectivity index (χ1v) is 10.1. The van der Waals surface area contributed by atoms with Gasteiger partial charge in [-0.1, -0.05) is 47.7 Å². The number of rotatable bonds is 6. The Balaban J connectivity index is 1.38. The van der Waals surface area contributed by atoms with Crippen LogP contribution in [0.4, 0.5) is 0 Å². The van der Waals surface area contributed by atoms with E-state index in [9.17, 15) is 9.59 Å². The minimum absolute atomic E-state index is 0.223. The lowest BCUT2D eigenvalue weighted by atomic mass is 10.1. The molecule has 0 radical (unpaired) electrons. The van der Waals surface area contributed by atoms with Crippen molar-refractivity contribution in [1.29, 1.82) is 0 Å². The molecule has 0 bridgehead atoms. The SMILES string of the molecule is Cc1ccccc1-n1nnc(C(=O)NCc2ccc(CN3CCCC3=O)cc2)c1C. The molecule has 1 aromatic heterocycles. The monoisotopic (exact) mass is 403 g/mol. The van der Waals surface area contributed by atoms with E-state index in [-0.39, 0.29) is 11.8 Å². The van der Waals surface area contributed by atoms with Crippen molar-refractivity contribution < 1.29 is 9.59 Å². The van der Waals surface area contributed by atoms with Gasteiger partial charge < -0.3 is 10.2 Å². The zero-order valence-electron chi connectivity index (χ0n) is 17.3. The summed E-state index contributed by atoms with van der Waals surface area (Å²) in [5, 5.41) is 11.2. The maximum atomic E-state index is 12.6. The van der Waals surface area contributed by atoms with Gasteiger partial charge in [0.25, 0.3) is 5.91 Å². The number of carbonyl (C=O) groups excluding carboxylic acids is 2. The molecule has 0 spiro atoms. The zero-order valence-corrected chi connectivity index (χ0v) is 17.3. The van der Waals surface area contributed by atoms with Gasteiger partial charge in [-0.3, -0.25) is 9.59 Å². The average Bonchev–Trinajstić information content (AvgIpc) is 3.33. The van der Waals surface area contributed by atoms with Gasteiger partial charge in [0, 0.05) is 26.1 Å². The van der Waals surface area contributed by atoms with Crippen molar-refractivity contribution in [3.05, 3.63) is 76.6 Å².